The van der Waals surface area contributed by atoms with E-state index in [1.165, 1.54) is 12.1 Å². The van der Waals surface area contributed by atoms with E-state index >= 15 is 0 Å². The van der Waals surface area contributed by atoms with Crippen molar-refractivity contribution < 1.29 is 22.7 Å². The zero-order valence-corrected chi connectivity index (χ0v) is 12.4. The van der Waals surface area contributed by atoms with Crippen LogP contribution in [0, 0.1) is 17.1 Å². The molecule has 5 nitrogen and oxygen atoms in total. The van der Waals surface area contributed by atoms with Crippen molar-refractivity contribution in [3.05, 3.63) is 29.6 Å². The molecule has 1 aromatic rings. The molecule has 0 unspecified atom stereocenters. The topological polar surface area (TPSA) is 68.5 Å². The Morgan fingerprint density at radius 1 is 1.30 bits per heavy atom. The fourth-order valence-electron chi connectivity index (χ4n) is 1.54. The highest BCUT2D eigenvalue weighted by atomic mass is 31.2. The smallest absolute Gasteiger partial charge is 0.334 e. The van der Waals surface area contributed by atoms with E-state index in [0.717, 1.165) is 6.07 Å². The first kappa shape index (κ1) is 16.6. The second-order valence-electron chi connectivity index (χ2n) is 3.77. The predicted octanol–water partition coefficient (Wildman–Crippen LogP) is 3.34. The Hall–Kier alpha value is -1.41. The molecule has 0 aromatic heterocycles. The standard InChI is InChI=1S/C13H17FNO4P/c1-3-18-20(16,19-4-2)8-7-17-13-6-5-12(14)9-11(13)10-15/h5-6,9H,3-4,7-8H2,1-2H3. The van der Waals surface area contributed by atoms with Crippen LogP contribution < -0.4 is 4.74 Å². The van der Waals surface area contributed by atoms with E-state index in [9.17, 15) is 8.96 Å². The van der Waals surface area contributed by atoms with Gasteiger partial charge in [0.05, 0.1) is 31.5 Å². The van der Waals surface area contributed by atoms with Gasteiger partial charge in [0.1, 0.15) is 17.6 Å². The molecule has 7 heteroatoms. The zero-order chi connectivity index (χ0) is 15.0. The van der Waals surface area contributed by atoms with Gasteiger partial charge in [-0.3, -0.25) is 4.57 Å². The number of hydrogen-bond acceptors (Lipinski definition) is 5. The third kappa shape index (κ3) is 4.93. The first-order valence-electron chi connectivity index (χ1n) is 6.25. The quantitative estimate of drug-likeness (QED) is 0.689. The fraction of sp³-hybridized carbons (Fsp3) is 0.462. The van der Waals surface area contributed by atoms with Crippen molar-refractivity contribution in [3.63, 3.8) is 0 Å². The van der Waals surface area contributed by atoms with Gasteiger partial charge in [-0.1, -0.05) is 0 Å². The number of rotatable bonds is 8. The molecule has 0 saturated carbocycles. The summed E-state index contributed by atoms with van der Waals surface area (Å²) in [5, 5.41) is 8.87. The van der Waals surface area contributed by atoms with Gasteiger partial charge in [-0.05, 0) is 32.0 Å². The molecule has 1 aromatic carbocycles. The SMILES string of the molecule is CCOP(=O)(CCOc1ccc(F)cc1C#N)OCC. The zero-order valence-electron chi connectivity index (χ0n) is 11.5. The minimum Gasteiger partial charge on any atom is -0.492 e. The molecule has 0 heterocycles. The van der Waals surface area contributed by atoms with Crippen molar-refractivity contribution in [2.45, 2.75) is 13.8 Å². The van der Waals surface area contributed by atoms with Crippen molar-refractivity contribution in [1.29, 1.82) is 5.26 Å². The molecule has 20 heavy (non-hydrogen) atoms. The molecule has 0 bridgehead atoms. The Bertz CT molecular complexity index is 520. The number of ether oxygens (including phenoxy) is 1. The van der Waals surface area contributed by atoms with Gasteiger partial charge in [0, 0.05) is 0 Å². The Morgan fingerprint density at radius 3 is 2.50 bits per heavy atom. The fourth-order valence-corrected chi connectivity index (χ4v) is 2.98. The summed E-state index contributed by atoms with van der Waals surface area (Å²) in [4.78, 5) is 0. The van der Waals surface area contributed by atoms with Gasteiger partial charge in [0.2, 0.25) is 0 Å². The van der Waals surface area contributed by atoms with E-state index in [4.69, 9.17) is 19.0 Å². The van der Waals surface area contributed by atoms with Crippen LogP contribution in [0.5, 0.6) is 5.75 Å². The summed E-state index contributed by atoms with van der Waals surface area (Å²) in [6.45, 7) is 4.05. The van der Waals surface area contributed by atoms with Gasteiger partial charge >= 0.3 is 7.60 Å². The molecule has 0 spiro atoms. The number of hydrogen-bond donors (Lipinski definition) is 0. The summed E-state index contributed by atoms with van der Waals surface area (Å²) < 4.78 is 40.7. The number of nitriles is 1. The van der Waals surface area contributed by atoms with Gasteiger partial charge < -0.3 is 13.8 Å². The van der Waals surface area contributed by atoms with E-state index in [2.05, 4.69) is 0 Å². The molecule has 0 aliphatic carbocycles. The highest BCUT2D eigenvalue weighted by Gasteiger charge is 2.23. The molecule has 0 amide bonds. The maximum atomic E-state index is 13.0. The van der Waals surface area contributed by atoms with E-state index in [0.29, 0.717) is 0 Å². The summed E-state index contributed by atoms with van der Waals surface area (Å²) in [6, 6.07) is 5.48. The lowest BCUT2D eigenvalue weighted by atomic mass is 10.2. The first-order valence-corrected chi connectivity index (χ1v) is 7.98. The van der Waals surface area contributed by atoms with Crippen LogP contribution in [0.4, 0.5) is 4.39 Å². The van der Waals surface area contributed by atoms with Crippen LogP contribution in [-0.4, -0.2) is 26.0 Å². The minimum absolute atomic E-state index is 0.0532. The normalized spacial score (nSPS) is 11.1. The molecule has 0 radical (unpaired) electrons. The monoisotopic (exact) mass is 301 g/mol. The Morgan fingerprint density at radius 2 is 1.95 bits per heavy atom. The number of halogens is 1. The van der Waals surface area contributed by atoms with Crippen LogP contribution in [0.25, 0.3) is 0 Å². The molecule has 0 N–H and O–H groups in total. The average Bonchev–Trinajstić information content (AvgIpc) is 2.41. The van der Waals surface area contributed by atoms with Gasteiger partial charge in [-0.2, -0.15) is 5.26 Å². The molecule has 110 valence electrons. The van der Waals surface area contributed by atoms with Crippen molar-refractivity contribution >= 4 is 7.60 Å². The lowest BCUT2D eigenvalue weighted by molar-refractivity contribution is 0.213. The summed E-state index contributed by atoms with van der Waals surface area (Å²) in [5.41, 5.74) is 0.0904. The molecule has 1 rings (SSSR count). The third-order valence-electron chi connectivity index (χ3n) is 2.34. The van der Waals surface area contributed by atoms with Crippen LogP contribution in [0.2, 0.25) is 0 Å². The van der Waals surface area contributed by atoms with Crippen molar-refractivity contribution in [3.8, 4) is 11.8 Å². The van der Waals surface area contributed by atoms with E-state index in [-0.39, 0.29) is 37.3 Å². The average molecular weight is 301 g/mol. The third-order valence-corrected chi connectivity index (χ3v) is 4.37. The van der Waals surface area contributed by atoms with E-state index in [1.807, 2.05) is 6.07 Å². The summed E-state index contributed by atoms with van der Waals surface area (Å²) in [5.74, 6) is -0.267. The van der Waals surface area contributed by atoms with Crippen LogP contribution >= 0.6 is 7.60 Å². The van der Waals surface area contributed by atoms with E-state index < -0.39 is 13.4 Å². The van der Waals surface area contributed by atoms with Gasteiger partial charge in [-0.25, -0.2) is 4.39 Å². The molecule has 0 fully saturated rings. The van der Waals surface area contributed by atoms with E-state index in [1.54, 1.807) is 13.8 Å². The summed E-state index contributed by atoms with van der Waals surface area (Å²) in [6.07, 6.45) is 0.0664. The maximum absolute atomic E-state index is 13.0. The second-order valence-corrected chi connectivity index (χ2v) is 5.96. The van der Waals surface area contributed by atoms with Crippen molar-refractivity contribution in [2.75, 3.05) is 26.0 Å². The Balaban J connectivity index is 2.64. The molecule has 0 aliphatic rings. The first-order chi connectivity index (χ1) is 9.54. The highest BCUT2D eigenvalue weighted by Crippen LogP contribution is 2.47. The summed E-state index contributed by atoms with van der Waals surface area (Å²) in [7, 11) is -3.17. The van der Waals surface area contributed by atoms with Crippen LogP contribution in [0.1, 0.15) is 19.4 Å². The molecular weight excluding hydrogens is 284 g/mol. The van der Waals surface area contributed by atoms with Gasteiger partial charge in [0.25, 0.3) is 0 Å². The lowest BCUT2D eigenvalue weighted by Crippen LogP contribution is -2.09. The Labute approximate surface area is 117 Å². The lowest BCUT2D eigenvalue weighted by Gasteiger charge is -2.17. The van der Waals surface area contributed by atoms with Gasteiger partial charge in [-0.15, -0.1) is 0 Å². The predicted molar refractivity (Wildman–Crippen MR) is 72.3 cm³/mol. The van der Waals surface area contributed by atoms with Crippen LogP contribution in [0.3, 0.4) is 0 Å². The number of nitrogens with zero attached hydrogens (tertiary/aromatic N) is 1. The molecule has 0 saturated heterocycles. The van der Waals surface area contributed by atoms with Gasteiger partial charge in [0.15, 0.2) is 0 Å². The molecule has 0 aliphatic heterocycles. The minimum atomic E-state index is -3.17. The van der Waals surface area contributed by atoms with Crippen LogP contribution in [-0.2, 0) is 13.6 Å². The molecular formula is C13H17FNO4P. The second kappa shape index (κ2) is 8.01. The maximum Gasteiger partial charge on any atom is 0.334 e. The highest BCUT2D eigenvalue weighted by molar-refractivity contribution is 7.53. The summed E-state index contributed by atoms with van der Waals surface area (Å²) >= 11 is 0. The largest absolute Gasteiger partial charge is 0.492 e. The molecule has 0 atom stereocenters. The number of benzene rings is 1. The van der Waals surface area contributed by atoms with Crippen molar-refractivity contribution in [2.24, 2.45) is 0 Å². The van der Waals surface area contributed by atoms with Crippen LogP contribution in [0.15, 0.2) is 18.2 Å². The van der Waals surface area contributed by atoms with Crippen molar-refractivity contribution in [1.82, 2.24) is 0 Å². The Kier molecular flexibility index (Phi) is 6.66.